The van der Waals surface area contributed by atoms with Crippen LogP contribution in [0.4, 0.5) is 0 Å². The number of para-hydroxylation sites is 1. The number of hydrogen-bond donors (Lipinski definition) is 2. The molecular weight excluding hydrogens is 196 g/mol. The average molecular weight is 206 g/mol. The fourth-order valence-corrected chi connectivity index (χ4v) is 1.21. The molecular formula is C9H10N4O2. The molecule has 1 aliphatic heterocycles. The molecule has 2 rings (SSSR count). The van der Waals surface area contributed by atoms with Gasteiger partial charge in [0.25, 0.3) is 0 Å². The van der Waals surface area contributed by atoms with E-state index < -0.39 is 0 Å². The Morgan fingerprint density at radius 2 is 2.20 bits per heavy atom. The highest BCUT2D eigenvalue weighted by Crippen LogP contribution is 2.34. The minimum Gasteiger partial charge on any atom is -0.454 e. The lowest BCUT2D eigenvalue weighted by molar-refractivity contribution is 0.174. The molecule has 1 aromatic carbocycles. The summed E-state index contributed by atoms with van der Waals surface area (Å²) in [5.41, 5.74) is 11.0. The number of benzene rings is 1. The highest BCUT2D eigenvalue weighted by atomic mass is 16.7. The zero-order valence-corrected chi connectivity index (χ0v) is 7.88. The maximum Gasteiger partial charge on any atom is 0.231 e. The van der Waals surface area contributed by atoms with Crippen molar-refractivity contribution in [3.63, 3.8) is 0 Å². The zero-order chi connectivity index (χ0) is 10.7. The standard InChI is InChI=1S/C9H10N4O2/c10-9(11)13-12-4-6-2-1-3-7-8(6)15-5-14-7/h1-4H,5H2,(H4,10,11,13)/b12-4+. The monoisotopic (exact) mass is 206 g/mol. The van der Waals surface area contributed by atoms with Gasteiger partial charge in [-0.3, -0.25) is 0 Å². The Kier molecular flexibility index (Phi) is 2.40. The molecule has 0 fully saturated rings. The smallest absolute Gasteiger partial charge is 0.231 e. The van der Waals surface area contributed by atoms with Crippen molar-refractivity contribution in [1.29, 1.82) is 0 Å². The molecule has 1 aliphatic rings. The Hall–Kier alpha value is -2.24. The van der Waals surface area contributed by atoms with Gasteiger partial charge in [-0.05, 0) is 12.1 Å². The topological polar surface area (TPSA) is 95.2 Å². The van der Waals surface area contributed by atoms with Gasteiger partial charge in [-0.1, -0.05) is 6.07 Å². The van der Waals surface area contributed by atoms with Gasteiger partial charge >= 0.3 is 0 Å². The maximum atomic E-state index is 5.26. The van der Waals surface area contributed by atoms with Crippen LogP contribution in [-0.4, -0.2) is 19.0 Å². The molecule has 0 saturated heterocycles. The highest BCUT2D eigenvalue weighted by molar-refractivity contribution is 5.86. The molecule has 0 saturated carbocycles. The quantitative estimate of drug-likeness (QED) is 0.405. The molecule has 0 spiro atoms. The molecule has 6 heteroatoms. The molecule has 0 atom stereocenters. The number of rotatable bonds is 2. The van der Waals surface area contributed by atoms with Crippen molar-refractivity contribution in [3.8, 4) is 11.5 Å². The molecule has 4 N–H and O–H groups in total. The van der Waals surface area contributed by atoms with Crippen LogP contribution in [0.3, 0.4) is 0 Å². The molecule has 1 heterocycles. The van der Waals surface area contributed by atoms with Gasteiger partial charge in [-0.2, -0.15) is 5.10 Å². The van der Waals surface area contributed by atoms with E-state index in [1.807, 2.05) is 18.2 Å². The Balaban J connectivity index is 2.26. The predicted octanol–water partition coefficient (Wildman–Crippen LogP) is 0.0226. The molecule has 0 bridgehead atoms. The van der Waals surface area contributed by atoms with E-state index in [9.17, 15) is 0 Å². The first-order chi connectivity index (χ1) is 7.27. The molecule has 0 aliphatic carbocycles. The third kappa shape index (κ3) is 1.98. The third-order valence-corrected chi connectivity index (χ3v) is 1.80. The van der Waals surface area contributed by atoms with Gasteiger partial charge in [0.05, 0.1) is 6.21 Å². The number of hydrogen-bond acceptors (Lipinski definition) is 4. The van der Waals surface area contributed by atoms with E-state index >= 15 is 0 Å². The first-order valence-corrected chi connectivity index (χ1v) is 4.28. The second kappa shape index (κ2) is 3.87. The van der Waals surface area contributed by atoms with E-state index in [0.717, 1.165) is 5.56 Å². The Bertz CT molecular complexity index is 424. The van der Waals surface area contributed by atoms with Crippen molar-refractivity contribution in [2.24, 2.45) is 21.7 Å². The Morgan fingerprint density at radius 3 is 3.00 bits per heavy atom. The molecule has 0 unspecified atom stereocenters. The van der Waals surface area contributed by atoms with Crippen LogP contribution in [0.1, 0.15) is 5.56 Å². The minimum absolute atomic E-state index is 0.0870. The van der Waals surface area contributed by atoms with Crippen LogP contribution in [0.15, 0.2) is 28.4 Å². The van der Waals surface area contributed by atoms with Crippen LogP contribution < -0.4 is 20.9 Å². The van der Waals surface area contributed by atoms with E-state index in [2.05, 4.69) is 10.2 Å². The SMILES string of the molecule is NC(N)=N/N=C/c1cccc2c1OCO2. The van der Waals surface area contributed by atoms with Crippen LogP contribution in [0.5, 0.6) is 11.5 Å². The number of fused-ring (bicyclic) bond motifs is 1. The summed E-state index contributed by atoms with van der Waals surface area (Å²) < 4.78 is 10.5. The number of guanidine groups is 1. The minimum atomic E-state index is -0.0870. The van der Waals surface area contributed by atoms with Crippen LogP contribution in [0.2, 0.25) is 0 Å². The lowest BCUT2D eigenvalue weighted by atomic mass is 10.2. The van der Waals surface area contributed by atoms with Crippen molar-refractivity contribution >= 4 is 12.2 Å². The summed E-state index contributed by atoms with van der Waals surface area (Å²) in [6.45, 7) is 0.225. The summed E-state index contributed by atoms with van der Waals surface area (Å²) in [5.74, 6) is 1.27. The first kappa shape index (κ1) is 9.32. The van der Waals surface area contributed by atoms with E-state index in [-0.39, 0.29) is 12.8 Å². The Labute approximate surface area is 86.2 Å². The lowest BCUT2D eigenvalue weighted by Gasteiger charge is -1.98. The van der Waals surface area contributed by atoms with Gasteiger partial charge in [0, 0.05) is 5.56 Å². The summed E-state index contributed by atoms with van der Waals surface area (Å²) in [5, 5.41) is 7.19. The van der Waals surface area contributed by atoms with Gasteiger partial charge < -0.3 is 20.9 Å². The van der Waals surface area contributed by atoms with E-state index in [1.54, 1.807) is 0 Å². The molecule has 0 aromatic heterocycles. The fourth-order valence-electron chi connectivity index (χ4n) is 1.21. The molecule has 0 radical (unpaired) electrons. The van der Waals surface area contributed by atoms with Crippen LogP contribution in [0, 0.1) is 0 Å². The third-order valence-electron chi connectivity index (χ3n) is 1.80. The number of ether oxygens (including phenoxy) is 2. The summed E-state index contributed by atoms with van der Waals surface area (Å²) in [6.07, 6.45) is 1.51. The van der Waals surface area contributed by atoms with Crippen LogP contribution in [-0.2, 0) is 0 Å². The number of nitrogens with zero attached hydrogens (tertiary/aromatic N) is 2. The summed E-state index contributed by atoms with van der Waals surface area (Å²) in [6, 6.07) is 5.49. The molecule has 0 amide bonds. The van der Waals surface area contributed by atoms with Gasteiger partial charge in [0.1, 0.15) is 0 Å². The molecule has 15 heavy (non-hydrogen) atoms. The molecule has 1 aromatic rings. The van der Waals surface area contributed by atoms with Gasteiger partial charge in [0.15, 0.2) is 11.5 Å². The molecule has 6 nitrogen and oxygen atoms in total. The zero-order valence-electron chi connectivity index (χ0n) is 7.88. The summed E-state index contributed by atoms with van der Waals surface area (Å²) in [4.78, 5) is 0. The largest absolute Gasteiger partial charge is 0.454 e. The van der Waals surface area contributed by atoms with E-state index in [4.69, 9.17) is 20.9 Å². The molecule has 78 valence electrons. The second-order valence-electron chi connectivity index (χ2n) is 2.85. The fraction of sp³-hybridized carbons (Fsp3) is 0.111. The van der Waals surface area contributed by atoms with E-state index in [1.165, 1.54) is 6.21 Å². The van der Waals surface area contributed by atoms with Crippen molar-refractivity contribution in [2.45, 2.75) is 0 Å². The average Bonchev–Trinajstić information content (AvgIpc) is 2.65. The van der Waals surface area contributed by atoms with Crippen molar-refractivity contribution < 1.29 is 9.47 Å². The normalized spacial score (nSPS) is 13.1. The van der Waals surface area contributed by atoms with Crippen molar-refractivity contribution in [3.05, 3.63) is 23.8 Å². The van der Waals surface area contributed by atoms with E-state index in [0.29, 0.717) is 11.5 Å². The number of nitrogens with two attached hydrogens (primary N) is 2. The Morgan fingerprint density at radius 1 is 1.33 bits per heavy atom. The van der Waals surface area contributed by atoms with Crippen molar-refractivity contribution in [2.75, 3.05) is 6.79 Å². The van der Waals surface area contributed by atoms with Gasteiger partial charge in [-0.15, -0.1) is 5.10 Å². The van der Waals surface area contributed by atoms with Gasteiger partial charge in [0.2, 0.25) is 12.8 Å². The second-order valence-corrected chi connectivity index (χ2v) is 2.85. The van der Waals surface area contributed by atoms with Crippen LogP contribution >= 0.6 is 0 Å². The van der Waals surface area contributed by atoms with Gasteiger partial charge in [-0.25, -0.2) is 0 Å². The maximum absolute atomic E-state index is 5.26. The predicted molar refractivity (Wildman–Crippen MR) is 56.0 cm³/mol. The van der Waals surface area contributed by atoms with Crippen molar-refractivity contribution in [1.82, 2.24) is 0 Å². The van der Waals surface area contributed by atoms with Crippen LogP contribution in [0.25, 0.3) is 0 Å². The summed E-state index contributed by atoms with van der Waals surface area (Å²) >= 11 is 0. The lowest BCUT2D eigenvalue weighted by Crippen LogP contribution is -2.21. The highest BCUT2D eigenvalue weighted by Gasteiger charge is 2.15. The summed E-state index contributed by atoms with van der Waals surface area (Å²) in [7, 11) is 0. The first-order valence-electron chi connectivity index (χ1n) is 4.28.